The quantitative estimate of drug-likeness (QED) is 0.625. The molecule has 144 valence electrons. The molecule has 3 rings (SSSR count). The molecule has 0 bridgehead atoms. The van der Waals surface area contributed by atoms with Crippen molar-refractivity contribution < 1.29 is 18.7 Å². The van der Waals surface area contributed by atoms with Crippen LogP contribution >= 0.6 is 0 Å². The highest BCUT2D eigenvalue weighted by atomic mass is 16.5. The molecule has 28 heavy (non-hydrogen) atoms. The van der Waals surface area contributed by atoms with Crippen molar-refractivity contribution in [2.24, 2.45) is 0 Å². The normalized spacial score (nSPS) is 10.3. The Morgan fingerprint density at radius 1 is 1.00 bits per heavy atom. The minimum atomic E-state index is -0.284. The molecule has 0 spiro atoms. The first-order valence-electron chi connectivity index (χ1n) is 9.07. The van der Waals surface area contributed by atoms with E-state index in [4.69, 9.17) is 9.15 Å². The molecule has 0 aliphatic carbocycles. The summed E-state index contributed by atoms with van der Waals surface area (Å²) in [4.78, 5) is 24.9. The van der Waals surface area contributed by atoms with E-state index in [1.807, 2.05) is 31.2 Å². The number of carbonyl (C=O) groups excluding carboxylic acids is 2. The van der Waals surface area contributed by atoms with E-state index >= 15 is 0 Å². The molecule has 0 unspecified atom stereocenters. The lowest BCUT2D eigenvalue weighted by atomic mass is 10.1. The van der Waals surface area contributed by atoms with Crippen molar-refractivity contribution in [3.8, 4) is 5.75 Å². The van der Waals surface area contributed by atoms with Crippen LogP contribution in [0.1, 0.15) is 28.6 Å². The van der Waals surface area contributed by atoms with Crippen LogP contribution < -0.4 is 15.4 Å². The SMILES string of the molecule is CCOc1ccc(CC(=O)Nc2ccccc2C(=O)NCc2ccco2)cc1. The van der Waals surface area contributed by atoms with Crippen LogP contribution in [0.15, 0.2) is 71.3 Å². The number of nitrogens with one attached hydrogen (secondary N) is 2. The Balaban J connectivity index is 1.61. The molecule has 0 saturated heterocycles. The van der Waals surface area contributed by atoms with Gasteiger partial charge in [0.2, 0.25) is 5.91 Å². The predicted molar refractivity (Wildman–Crippen MR) is 106 cm³/mol. The van der Waals surface area contributed by atoms with Crippen LogP contribution in [0.4, 0.5) is 5.69 Å². The van der Waals surface area contributed by atoms with Gasteiger partial charge in [0.1, 0.15) is 11.5 Å². The monoisotopic (exact) mass is 378 g/mol. The fraction of sp³-hybridized carbons (Fsp3) is 0.182. The summed E-state index contributed by atoms with van der Waals surface area (Å²) >= 11 is 0. The Kier molecular flexibility index (Phi) is 6.46. The van der Waals surface area contributed by atoms with Gasteiger partial charge >= 0.3 is 0 Å². The van der Waals surface area contributed by atoms with Gasteiger partial charge in [-0.25, -0.2) is 0 Å². The lowest BCUT2D eigenvalue weighted by Crippen LogP contribution is -2.25. The fourth-order valence-corrected chi connectivity index (χ4v) is 2.72. The maximum absolute atomic E-state index is 12.5. The van der Waals surface area contributed by atoms with Crippen LogP contribution in [0.5, 0.6) is 5.75 Å². The number of furan rings is 1. The van der Waals surface area contributed by atoms with E-state index in [-0.39, 0.29) is 24.8 Å². The molecule has 0 atom stereocenters. The van der Waals surface area contributed by atoms with Crippen molar-refractivity contribution >= 4 is 17.5 Å². The summed E-state index contributed by atoms with van der Waals surface area (Å²) in [6.07, 6.45) is 1.76. The Bertz CT molecular complexity index is 918. The summed E-state index contributed by atoms with van der Waals surface area (Å²) < 4.78 is 10.6. The molecule has 2 aromatic carbocycles. The van der Waals surface area contributed by atoms with E-state index in [9.17, 15) is 9.59 Å². The number of carbonyl (C=O) groups is 2. The fourth-order valence-electron chi connectivity index (χ4n) is 2.72. The van der Waals surface area contributed by atoms with Gasteiger partial charge in [-0.2, -0.15) is 0 Å². The Labute approximate surface area is 163 Å². The lowest BCUT2D eigenvalue weighted by Gasteiger charge is -2.11. The summed E-state index contributed by atoms with van der Waals surface area (Å²) in [5, 5.41) is 5.60. The summed E-state index contributed by atoms with van der Waals surface area (Å²) in [5.74, 6) is 0.944. The smallest absolute Gasteiger partial charge is 0.253 e. The summed E-state index contributed by atoms with van der Waals surface area (Å²) in [6, 6.07) is 17.8. The van der Waals surface area contributed by atoms with E-state index in [0.717, 1.165) is 11.3 Å². The number of amides is 2. The Hall–Kier alpha value is -3.54. The largest absolute Gasteiger partial charge is 0.494 e. The summed E-state index contributed by atoms with van der Waals surface area (Å²) in [5.41, 5.74) is 1.73. The van der Waals surface area contributed by atoms with Gasteiger partial charge < -0.3 is 19.8 Å². The molecule has 1 heterocycles. The van der Waals surface area contributed by atoms with Crippen molar-refractivity contribution in [1.82, 2.24) is 5.32 Å². The van der Waals surface area contributed by atoms with Crippen molar-refractivity contribution in [1.29, 1.82) is 0 Å². The molecular weight excluding hydrogens is 356 g/mol. The minimum Gasteiger partial charge on any atom is -0.494 e. The molecule has 0 fully saturated rings. The molecule has 0 aliphatic rings. The van der Waals surface area contributed by atoms with Crippen molar-refractivity contribution in [3.63, 3.8) is 0 Å². The molecule has 0 saturated carbocycles. The third kappa shape index (κ3) is 5.23. The highest BCUT2D eigenvalue weighted by Crippen LogP contribution is 2.17. The number of hydrogen-bond acceptors (Lipinski definition) is 4. The van der Waals surface area contributed by atoms with E-state index < -0.39 is 0 Å². The van der Waals surface area contributed by atoms with Crippen molar-refractivity contribution in [3.05, 3.63) is 83.8 Å². The molecular formula is C22H22N2O4. The van der Waals surface area contributed by atoms with E-state index in [1.54, 1.807) is 42.7 Å². The average molecular weight is 378 g/mol. The van der Waals surface area contributed by atoms with Gasteiger partial charge in [0.05, 0.1) is 37.1 Å². The standard InChI is InChI=1S/C22H22N2O4/c1-2-27-17-11-9-16(10-12-17)14-21(25)24-20-8-4-3-7-19(20)22(26)23-15-18-6-5-13-28-18/h3-13H,2,14-15H2,1H3,(H,23,26)(H,24,25). The van der Waals surface area contributed by atoms with E-state index in [2.05, 4.69) is 10.6 Å². The molecule has 0 aliphatic heterocycles. The van der Waals surface area contributed by atoms with Crippen LogP contribution in [0.2, 0.25) is 0 Å². The third-order valence-corrected chi connectivity index (χ3v) is 4.05. The number of anilines is 1. The highest BCUT2D eigenvalue weighted by molar-refractivity contribution is 6.04. The third-order valence-electron chi connectivity index (χ3n) is 4.05. The number of benzene rings is 2. The van der Waals surface area contributed by atoms with Crippen LogP contribution in [0.25, 0.3) is 0 Å². The number of hydrogen-bond donors (Lipinski definition) is 2. The van der Waals surface area contributed by atoms with Gasteiger partial charge in [-0.05, 0) is 48.9 Å². The maximum atomic E-state index is 12.5. The summed E-state index contributed by atoms with van der Waals surface area (Å²) in [6.45, 7) is 2.79. The van der Waals surface area contributed by atoms with Crippen LogP contribution in [0.3, 0.4) is 0 Å². The van der Waals surface area contributed by atoms with Gasteiger partial charge in [0.25, 0.3) is 5.91 Å². The van der Waals surface area contributed by atoms with Crippen molar-refractivity contribution in [2.45, 2.75) is 19.9 Å². The van der Waals surface area contributed by atoms with Gasteiger partial charge in [0.15, 0.2) is 0 Å². The molecule has 3 aromatic rings. The predicted octanol–water partition coefficient (Wildman–Crippen LogP) is 3.79. The zero-order valence-corrected chi connectivity index (χ0v) is 15.6. The average Bonchev–Trinajstić information content (AvgIpc) is 3.22. The zero-order valence-electron chi connectivity index (χ0n) is 15.6. The second-order valence-electron chi connectivity index (χ2n) is 6.11. The van der Waals surface area contributed by atoms with Gasteiger partial charge in [-0.15, -0.1) is 0 Å². The molecule has 6 heteroatoms. The van der Waals surface area contributed by atoms with E-state index in [1.165, 1.54) is 0 Å². The first kappa shape index (κ1) is 19.2. The molecule has 1 aromatic heterocycles. The summed E-state index contributed by atoms with van der Waals surface area (Å²) in [7, 11) is 0. The van der Waals surface area contributed by atoms with Crippen molar-refractivity contribution in [2.75, 3.05) is 11.9 Å². The lowest BCUT2D eigenvalue weighted by molar-refractivity contribution is -0.115. The number of rotatable bonds is 8. The van der Waals surface area contributed by atoms with Crippen LogP contribution in [-0.2, 0) is 17.8 Å². The highest BCUT2D eigenvalue weighted by Gasteiger charge is 2.13. The molecule has 2 N–H and O–H groups in total. The maximum Gasteiger partial charge on any atom is 0.253 e. The Morgan fingerprint density at radius 3 is 2.50 bits per heavy atom. The zero-order chi connectivity index (χ0) is 19.8. The Morgan fingerprint density at radius 2 is 1.79 bits per heavy atom. The van der Waals surface area contributed by atoms with Crippen LogP contribution in [-0.4, -0.2) is 18.4 Å². The van der Waals surface area contributed by atoms with Gasteiger partial charge in [0, 0.05) is 0 Å². The first-order chi connectivity index (χ1) is 13.7. The topological polar surface area (TPSA) is 80.6 Å². The molecule has 2 amide bonds. The minimum absolute atomic E-state index is 0.199. The van der Waals surface area contributed by atoms with Crippen LogP contribution in [0, 0.1) is 0 Å². The molecule has 6 nitrogen and oxygen atoms in total. The first-order valence-corrected chi connectivity index (χ1v) is 9.07. The van der Waals surface area contributed by atoms with E-state index in [0.29, 0.717) is 23.6 Å². The number of ether oxygens (including phenoxy) is 1. The number of para-hydroxylation sites is 1. The van der Waals surface area contributed by atoms with Gasteiger partial charge in [-0.3, -0.25) is 9.59 Å². The second-order valence-corrected chi connectivity index (χ2v) is 6.11. The molecule has 0 radical (unpaired) electrons. The van der Waals surface area contributed by atoms with Gasteiger partial charge in [-0.1, -0.05) is 24.3 Å². The second kappa shape index (κ2) is 9.41.